The Balaban J connectivity index is 2.06. The molecule has 0 saturated carbocycles. The standard InChI is InChI=1S/C14H13BrN4O/c1-16-14-18-12(13(20)19(14)2)5-8-7-17-11-6-9(15)3-4-10(8)11/h3-7,20H,1-2H3,(H,16,18)/b8-5+. The van der Waals surface area contributed by atoms with E-state index in [1.807, 2.05) is 24.3 Å². The number of rotatable bonds is 2. The van der Waals surface area contributed by atoms with E-state index in [0.29, 0.717) is 11.6 Å². The molecule has 0 aliphatic carbocycles. The number of hydrogen-bond donors (Lipinski definition) is 2. The molecule has 0 amide bonds. The number of imidazole rings is 1. The summed E-state index contributed by atoms with van der Waals surface area (Å²) in [4.78, 5) is 8.70. The van der Waals surface area contributed by atoms with Crippen LogP contribution in [0.2, 0.25) is 0 Å². The minimum Gasteiger partial charge on any atom is -0.493 e. The van der Waals surface area contributed by atoms with Crippen molar-refractivity contribution in [2.45, 2.75) is 0 Å². The van der Waals surface area contributed by atoms with E-state index in [0.717, 1.165) is 21.3 Å². The van der Waals surface area contributed by atoms with Crippen LogP contribution < -0.4 is 5.32 Å². The van der Waals surface area contributed by atoms with Gasteiger partial charge in [0.15, 0.2) is 0 Å². The lowest BCUT2D eigenvalue weighted by Crippen LogP contribution is -1.97. The van der Waals surface area contributed by atoms with Crippen molar-refractivity contribution in [3.05, 3.63) is 33.9 Å². The lowest BCUT2D eigenvalue weighted by Gasteiger charge is -2.00. The number of anilines is 1. The number of aromatic nitrogens is 2. The van der Waals surface area contributed by atoms with Gasteiger partial charge >= 0.3 is 0 Å². The third kappa shape index (κ3) is 2.02. The van der Waals surface area contributed by atoms with Gasteiger partial charge < -0.3 is 10.4 Å². The zero-order valence-corrected chi connectivity index (χ0v) is 12.6. The topological polar surface area (TPSA) is 62.4 Å². The van der Waals surface area contributed by atoms with E-state index in [1.54, 1.807) is 24.9 Å². The molecule has 1 aliphatic rings. The van der Waals surface area contributed by atoms with Crippen LogP contribution >= 0.6 is 15.9 Å². The first kappa shape index (κ1) is 12.9. The molecule has 1 aromatic carbocycles. The Hall–Kier alpha value is -2.08. The van der Waals surface area contributed by atoms with Crippen LogP contribution in [0.25, 0.3) is 11.6 Å². The van der Waals surface area contributed by atoms with Crippen LogP contribution in [-0.4, -0.2) is 27.9 Å². The minimum atomic E-state index is 0.126. The van der Waals surface area contributed by atoms with E-state index in [1.165, 1.54) is 0 Å². The van der Waals surface area contributed by atoms with Gasteiger partial charge in [-0.1, -0.05) is 22.0 Å². The Morgan fingerprint density at radius 2 is 2.20 bits per heavy atom. The number of halogens is 1. The van der Waals surface area contributed by atoms with Crippen LogP contribution in [0.4, 0.5) is 11.6 Å². The quantitative estimate of drug-likeness (QED) is 0.887. The van der Waals surface area contributed by atoms with Gasteiger partial charge in [-0.05, 0) is 18.2 Å². The van der Waals surface area contributed by atoms with Gasteiger partial charge in [0.25, 0.3) is 0 Å². The predicted octanol–water partition coefficient (Wildman–Crippen LogP) is 3.19. The van der Waals surface area contributed by atoms with Gasteiger partial charge in [-0.25, -0.2) is 4.98 Å². The Morgan fingerprint density at radius 3 is 2.90 bits per heavy atom. The van der Waals surface area contributed by atoms with Crippen molar-refractivity contribution in [2.24, 2.45) is 12.0 Å². The molecule has 0 unspecified atom stereocenters. The highest BCUT2D eigenvalue weighted by Crippen LogP contribution is 2.35. The summed E-state index contributed by atoms with van der Waals surface area (Å²) in [5, 5.41) is 13.0. The van der Waals surface area contributed by atoms with Crippen molar-refractivity contribution in [1.82, 2.24) is 9.55 Å². The van der Waals surface area contributed by atoms with Crippen molar-refractivity contribution < 1.29 is 5.11 Å². The molecule has 6 heteroatoms. The summed E-state index contributed by atoms with van der Waals surface area (Å²) in [6, 6.07) is 5.93. The first-order valence-corrected chi connectivity index (χ1v) is 6.88. The maximum atomic E-state index is 10.1. The molecule has 2 aromatic rings. The Morgan fingerprint density at radius 1 is 1.40 bits per heavy atom. The van der Waals surface area contributed by atoms with E-state index in [9.17, 15) is 5.11 Å². The van der Waals surface area contributed by atoms with Crippen molar-refractivity contribution >= 4 is 45.4 Å². The molecule has 2 heterocycles. The van der Waals surface area contributed by atoms with Crippen molar-refractivity contribution in [1.29, 1.82) is 0 Å². The van der Waals surface area contributed by atoms with Gasteiger partial charge in [0.1, 0.15) is 5.69 Å². The van der Waals surface area contributed by atoms with E-state index in [4.69, 9.17) is 0 Å². The van der Waals surface area contributed by atoms with Crippen LogP contribution in [0.5, 0.6) is 5.88 Å². The molecule has 0 fully saturated rings. The lowest BCUT2D eigenvalue weighted by molar-refractivity contribution is 0.432. The van der Waals surface area contributed by atoms with Gasteiger partial charge in [0.2, 0.25) is 11.8 Å². The molecule has 3 rings (SSSR count). The third-order valence-corrected chi connectivity index (χ3v) is 3.71. The summed E-state index contributed by atoms with van der Waals surface area (Å²) >= 11 is 3.43. The van der Waals surface area contributed by atoms with Crippen molar-refractivity contribution in [2.75, 3.05) is 12.4 Å². The second-order valence-electron chi connectivity index (χ2n) is 4.47. The molecule has 0 bridgehead atoms. The highest BCUT2D eigenvalue weighted by molar-refractivity contribution is 9.10. The molecule has 0 spiro atoms. The molecular formula is C14H13BrN4O. The van der Waals surface area contributed by atoms with Gasteiger partial charge in [0, 0.05) is 35.9 Å². The SMILES string of the molecule is CNc1nc(/C=C2\C=Nc3cc(Br)ccc32)c(O)n1C. The average Bonchev–Trinajstić information content (AvgIpc) is 2.95. The number of nitrogens with one attached hydrogen (secondary N) is 1. The summed E-state index contributed by atoms with van der Waals surface area (Å²) in [6.07, 6.45) is 3.61. The molecular weight excluding hydrogens is 320 g/mol. The molecule has 102 valence electrons. The fraction of sp³-hybridized carbons (Fsp3) is 0.143. The van der Waals surface area contributed by atoms with Crippen molar-refractivity contribution in [3.63, 3.8) is 0 Å². The predicted molar refractivity (Wildman–Crippen MR) is 84.6 cm³/mol. The number of aromatic hydroxyl groups is 1. The van der Waals surface area contributed by atoms with E-state index < -0.39 is 0 Å². The zero-order chi connectivity index (χ0) is 14.3. The smallest absolute Gasteiger partial charge is 0.220 e. The Labute approximate surface area is 124 Å². The van der Waals surface area contributed by atoms with Gasteiger partial charge in [-0.15, -0.1) is 0 Å². The molecule has 1 aromatic heterocycles. The number of hydrogen-bond acceptors (Lipinski definition) is 4. The van der Waals surface area contributed by atoms with Crippen LogP contribution in [-0.2, 0) is 7.05 Å². The number of aliphatic imine (C=N–C) groups is 1. The molecule has 0 atom stereocenters. The number of benzene rings is 1. The fourth-order valence-electron chi connectivity index (χ4n) is 2.16. The van der Waals surface area contributed by atoms with E-state index in [-0.39, 0.29) is 5.88 Å². The fourth-order valence-corrected chi connectivity index (χ4v) is 2.51. The van der Waals surface area contributed by atoms with Gasteiger partial charge in [-0.2, -0.15) is 0 Å². The van der Waals surface area contributed by atoms with Crippen molar-refractivity contribution in [3.8, 4) is 5.88 Å². The molecule has 0 saturated heterocycles. The van der Waals surface area contributed by atoms with Crippen LogP contribution in [0, 0.1) is 0 Å². The Bertz CT molecular complexity index is 746. The maximum absolute atomic E-state index is 10.1. The molecule has 20 heavy (non-hydrogen) atoms. The molecule has 5 nitrogen and oxygen atoms in total. The molecule has 0 radical (unpaired) electrons. The molecule has 2 N–H and O–H groups in total. The monoisotopic (exact) mass is 332 g/mol. The Kier molecular flexibility index (Phi) is 3.10. The summed E-state index contributed by atoms with van der Waals surface area (Å²) < 4.78 is 2.59. The summed E-state index contributed by atoms with van der Waals surface area (Å²) in [7, 11) is 3.52. The second kappa shape index (κ2) is 4.79. The summed E-state index contributed by atoms with van der Waals surface area (Å²) in [5.41, 5.74) is 3.40. The molecule has 1 aliphatic heterocycles. The largest absolute Gasteiger partial charge is 0.493 e. The van der Waals surface area contributed by atoms with Crippen LogP contribution in [0.1, 0.15) is 11.3 Å². The van der Waals surface area contributed by atoms with Gasteiger partial charge in [0.05, 0.1) is 5.69 Å². The van der Waals surface area contributed by atoms with E-state index in [2.05, 4.69) is 31.2 Å². The third-order valence-electron chi connectivity index (χ3n) is 3.22. The number of allylic oxidation sites excluding steroid dienone is 1. The second-order valence-corrected chi connectivity index (χ2v) is 5.39. The van der Waals surface area contributed by atoms with E-state index >= 15 is 0 Å². The zero-order valence-electron chi connectivity index (χ0n) is 11.1. The lowest BCUT2D eigenvalue weighted by atomic mass is 10.1. The van der Waals surface area contributed by atoms with Gasteiger partial charge in [-0.3, -0.25) is 9.56 Å². The normalized spacial score (nSPS) is 14.8. The highest BCUT2D eigenvalue weighted by Gasteiger charge is 2.16. The first-order valence-electron chi connectivity index (χ1n) is 6.09. The number of nitrogens with zero attached hydrogens (tertiary/aromatic N) is 3. The number of fused-ring (bicyclic) bond motifs is 1. The van der Waals surface area contributed by atoms with Crippen LogP contribution in [0.15, 0.2) is 27.7 Å². The highest BCUT2D eigenvalue weighted by atomic mass is 79.9. The van der Waals surface area contributed by atoms with Crippen LogP contribution in [0.3, 0.4) is 0 Å². The summed E-state index contributed by atoms with van der Waals surface area (Å²) in [6.45, 7) is 0. The minimum absolute atomic E-state index is 0.126. The maximum Gasteiger partial charge on any atom is 0.220 e. The average molecular weight is 333 g/mol. The first-order chi connectivity index (χ1) is 9.60. The summed E-state index contributed by atoms with van der Waals surface area (Å²) in [5.74, 6) is 0.737.